The van der Waals surface area contributed by atoms with Crippen molar-refractivity contribution in [1.29, 1.82) is 0 Å². The van der Waals surface area contributed by atoms with Crippen molar-refractivity contribution in [1.82, 2.24) is 4.90 Å². The van der Waals surface area contributed by atoms with E-state index in [1.54, 1.807) is 11.1 Å². The van der Waals surface area contributed by atoms with Gasteiger partial charge in [-0.2, -0.15) is 0 Å². The third-order valence-electron chi connectivity index (χ3n) is 8.80. The van der Waals surface area contributed by atoms with Gasteiger partial charge in [-0.1, -0.05) is 84.9 Å². The molecule has 0 amide bonds. The molecule has 0 radical (unpaired) electrons. The maximum absolute atomic E-state index is 7.04. The fourth-order valence-electron chi connectivity index (χ4n) is 7.22. The van der Waals surface area contributed by atoms with Crippen molar-refractivity contribution < 1.29 is 4.74 Å². The lowest BCUT2D eigenvalue weighted by Crippen LogP contribution is -2.52. The van der Waals surface area contributed by atoms with Crippen LogP contribution in [0.4, 0.5) is 0 Å². The molecule has 3 aliphatic rings. The first-order valence-electron chi connectivity index (χ1n) is 12.8. The Morgan fingerprint density at radius 2 is 1.38 bits per heavy atom. The number of ether oxygens (including phenoxy) is 1. The number of nitrogens with zero attached hydrogens (tertiary/aromatic N) is 1. The lowest BCUT2D eigenvalue weighted by atomic mass is 9.64. The quantitative estimate of drug-likeness (QED) is 0.420. The largest absolute Gasteiger partial charge is 0.367 e. The van der Waals surface area contributed by atoms with Crippen molar-refractivity contribution in [3.05, 3.63) is 113 Å². The topological polar surface area (TPSA) is 12.5 Å². The van der Waals surface area contributed by atoms with E-state index in [1.807, 2.05) is 0 Å². The van der Waals surface area contributed by atoms with Crippen LogP contribution in [0.15, 0.2) is 90.5 Å². The van der Waals surface area contributed by atoms with Crippen LogP contribution in [-0.2, 0) is 10.3 Å². The maximum atomic E-state index is 7.04. The van der Waals surface area contributed by atoms with Gasteiger partial charge in [0.1, 0.15) is 0 Å². The zero-order chi connectivity index (χ0) is 23.3. The molecular weight excluding hydrogens is 414 g/mol. The molecule has 6 rings (SSSR count). The van der Waals surface area contributed by atoms with Gasteiger partial charge in [0.2, 0.25) is 0 Å². The third-order valence-corrected chi connectivity index (χ3v) is 8.80. The minimum absolute atomic E-state index is 0.0605. The molecule has 0 saturated heterocycles. The van der Waals surface area contributed by atoms with Crippen molar-refractivity contribution >= 4 is 5.57 Å². The predicted octanol–water partition coefficient (Wildman–Crippen LogP) is 7.16. The molecule has 2 atom stereocenters. The van der Waals surface area contributed by atoms with Gasteiger partial charge in [0.15, 0.2) is 0 Å². The third kappa shape index (κ3) is 3.23. The summed E-state index contributed by atoms with van der Waals surface area (Å²) in [6.45, 7) is 2.27. The predicted molar refractivity (Wildman–Crippen MR) is 140 cm³/mol. The van der Waals surface area contributed by atoms with Crippen LogP contribution in [0.2, 0.25) is 0 Å². The average Bonchev–Trinajstić information content (AvgIpc) is 3.21. The van der Waals surface area contributed by atoms with Gasteiger partial charge in [0.05, 0.1) is 11.7 Å². The molecule has 2 nitrogen and oxygen atoms in total. The highest BCUT2D eigenvalue weighted by atomic mass is 16.5. The summed E-state index contributed by atoms with van der Waals surface area (Å²) in [5.74, 6) is 0.295. The summed E-state index contributed by atoms with van der Waals surface area (Å²) < 4.78 is 7.04. The maximum Gasteiger partial charge on any atom is 0.0912 e. The number of hydrogen-bond donors (Lipinski definition) is 0. The second-order valence-electron chi connectivity index (χ2n) is 10.7. The van der Waals surface area contributed by atoms with Gasteiger partial charge < -0.3 is 4.74 Å². The van der Waals surface area contributed by atoms with Crippen LogP contribution >= 0.6 is 0 Å². The fourth-order valence-corrected chi connectivity index (χ4v) is 7.22. The molecule has 1 heterocycles. The second kappa shape index (κ2) is 8.22. The Morgan fingerprint density at radius 3 is 2.06 bits per heavy atom. The Kier molecular flexibility index (Phi) is 5.28. The summed E-state index contributed by atoms with van der Waals surface area (Å²) in [6, 6.07) is 31.3. The first kappa shape index (κ1) is 21.8. The summed E-state index contributed by atoms with van der Waals surface area (Å²) in [5, 5.41) is 0. The van der Waals surface area contributed by atoms with Crippen LogP contribution in [-0.4, -0.2) is 30.7 Å². The van der Waals surface area contributed by atoms with E-state index in [1.165, 1.54) is 22.3 Å². The highest BCUT2D eigenvalue weighted by Gasteiger charge is 2.54. The molecule has 1 saturated carbocycles. The van der Waals surface area contributed by atoms with Crippen LogP contribution < -0.4 is 0 Å². The molecule has 0 bridgehead atoms. The molecule has 0 aromatic heterocycles. The molecule has 0 N–H and O–H groups in total. The van der Waals surface area contributed by atoms with Crippen LogP contribution in [0.3, 0.4) is 0 Å². The molecule has 34 heavy (non-hydrogen) atoms. The molecule has 2 aliphatic carbocycles. The molecule has 174 valence electrons. The highest BCUT2D eigenvalue weighted by molar-refractivity contribution is 5.82. The minimum Gasteiger partial charge on any atom is -0.367 e. The van der Waals surface area contributed by atoms with E-state index in [0.717, 1.165) is 32.1 Å². The van der Waals surface area contributed by atoms with E-state index in [0.29, 0.717) is 5.92 Å². The van der Waals surface area contributed by atoms with Gasteiger partial charge in [0.25, 0.3) is 0 Å². The van der Waals surface area contributed by atoms with Crippen molar-refractivity contribution in [3.8, 4) is 0 Å². The molecule has 2 unspecified atom stereocenters. The van der Waals surface area contributed by atoms with Crippen molar-refractivity contribution in [2.75, 3.05) is 14.1 Å². The van der Waals surface area contributed by atoms with Crippen molar-refractivity contribution in [2.45, 2.75) is 62.2 Å². The van der Waals surface area contributed by atoms with Crippen molar-refractivity contribution in [3.63, 3.8) is 0 Å². The fraction of sp³-hybridized carbons (Fsp3) is 0.375. The standard InChI is InChI=1S/C32H35NO/c1-23-22-28-26-16-10-11-17-27(26)29(24-12-6-4-7-13-24)30(28)32(34-23)20-18-31(19-21-32,33(2)3)25-14-8-5-9-15-25/h4-17,23,29H,18-22H2,1-3H3. The molecule has 3 aromatic rings. The SMILES string of the molecule is CC1CC2=C(C(c3ccccc3)c3ccccc32)C2(CCC(c3ccccc3)(N(C)C)CC2)O1. The molecule has 3 aromatic carbocycles. The van der Waals surface area contributed by atoms with E-state index in [-0.39, 0.29) is 17.2 Å². The lowest BCUT2D eigenvalue weighted by molar-refractivity contribution is -0.111. The van der Waals surface area contributed by atoms with E-state index in [4.69, 9.17) is 4.74 Å². The van der Waals surface area contributed by atoms with Gasteiger partial charge in [-0.05, 0) is 86.5 Å². The van der Waals surface area contributed by atoms with Crippen molar-refractivity contribution in [2.24, 2.45) is 0 Å². The lowest BCUT2D eigenvalue weighted by Gasteiger charge is -2.53. The van der Waals surface area contributed by atoms with Crippen LogP contribution in [0.5, 0.6) is 0 Å². The van der Waals surface area contributed by atoms with E-state index >= 15 is 0 Å². The molecule has 1 spiro atoms. The van der Waals surface area contributed by atoms with Gasteiger partial charge in [-0.15, -0.1) is 0 Å². The van der Waals surface area contributed by atoms with Gasteiger partial charge in [-0.3, -0.25) is 4.90 Å². The smallest absolute Gasteiger partial charge is 0.0912 e. The minimum atomic E-state index is -0.194. The van der Waals surface area contributed by atoms with Gasteiger partial charge >= 0.3 is 0 Å². The Balaban J connectivity index is 1.46. The Bertz CT molecular complexity index is 1200. The summed E-state index contributed by atoms with van der Waals surface area (Å²) in [5.41, 5.74) is 8.72. The summed E-state index contributed by atoms with van der Waals surface area (Å²) in [7, 11) is 4.50. The van der Waals surface area contributed by atoms with Crippen LogP contribution in [0.1, 0.15) is 67.2 Å². The average molecular weight is 450 g/mol. The van der Waals surface area contributed by atoms with E-state index in [2.05, 4.69) is 111 Å². The highest BCUT2D eigenvalue weighted by Crippen LogP contribution is 2.60. The number of rotatable bonds is 3. The Hall–Kier alpha value is -2.68. The number of fused-ring (bicyclic) bond motifs is 3. The number of benzene rings is 3. The molecule has 2 heteroatoms. The first-order valence-corrected chi connectivity index (χ1v) is 12.8. The first-order chi connectivity index (χ1) is 16.5. The van der Waals surface area contributed by atoms with E-state index < -0.39 is 0 Å². The molecule has 1 fully saturated rings. The normalized spacial score (nSPS) is 30.5. The second-order valence-corrected chi connectivity index (χ2v) is 10.7. The van der Waals surface area contributed by atoms with E-state index in [9.17, 15) is 0 Å². The van der Waals surface area contributed by atoms with Crippen LogP contribution in [0.25, 0.3) is 5.57 Å². The Morgan fingerprint density at radius 1 is 0.765 bits per heavy atom. The zero-order valence-electron chi connectivity index (χ0n) is 20.6. The molecular formula is C32H35NO. The monoisotopic (exact) mass is 449 g/mol. The van der Waals surface area contributed by atoms with Gasteiger partial charge in [-0.25, -0.2) is 0 Å². The summed E-state index contributed by atoms with van der Waals surface area (Å²) in [4.78, 5) is 2.45. The Labute approximate surface area is 204 Å². The number of hydrogen-bond acceptors (Lipinski definition) is 2. The summed E-state index contributed by atoms with van der Waals surface area (Å²) >= 11 is 0. The van der Waals surface area contributed by atoms with Crippen LogP contribution in [0, 0.1) is 0 Å². The zero-order valence-corrected chi connectivity index (χ0v) is 20.6. The molecule has 1 aliphatic heterocycles. The van der Waals surface area contributed by atoms with Gasteiger partial charge in [0, 0.05) is 11.5 Å². The summed E-state index contributed by atoms with van der Waals surface area (Å²) in [6.07, 6.45) is 5.57.